The maximum absolute atomic E-state index is 9.00. The van der Waals surface area contributed by atoms with Gasteiger partial charge in [-0.2, -0.15) is 0 Å². The molecule has 7 heteroatoms. The van der Waals surface area contributed by atoms with Gasteiger partial charge in [-0.25, -0.2) is 0 Å². The van der Waals surface area contributed by atoms with Gasteiger partial charge in [-0.15, -0.1) is 11.3 Å². The third-order valence-corrected chi connectivity index (χ3v) is 4.97. The van der Waals surface area contributed by atoms with Gasteiger partial charge in [-0.1, -0.05) is 42.5 Å². The Labute approximate surface area is 171 Å². The molecule has 0 fully saturated rings. The molecule has 0 bridgehead atoms. The SMILES string of the molecule is CC(=O)O.N=C(N)c1cc2c(Oc3ccc(-c4ccccc4)cc3)cncc2s1. The number of nitrogens with one attached hydrogen (secondary N) is 1. The molecule has 146 valence electrons. The molecule has 0 saturated carbocycles. The topological polar surface area (TPSA) is 109 Å². The van der Waals surface area contributed by atoms with Crippen LogP contribution in [0, 0.1) is 5.41 Å². The van der Waals surface area contributed by atoms with Gasteiger partial charge in [-0.3, -0.25) is 15.2 Å². The van der Waals surface area contributed by atoms with Crippen LogP contribution in [-0.2, 0) is 4.79 Å². The number of carboxylic acids is 1. The number of carbonyl (C=O) groups is 1. The van der Waals surface area contributed by atoms with Gasteiger partial charge in [0, 0.05) is 18.5 Å². The van der Waals surface area contributed by atoms with Gasteiger partial charge in [0.05, 0.1) is 15.8 Å². The molecule has 4 N–H and O–H groups in total. The lowest BCUT2D eigenvalue weighted by Crippen LogP contribution is -2.08. The van der Waals surface area contributed by atoms with Crippen molar-refractivity contribution in [2.45, 2.75) is 6.92 Å². The van der Waals surface area contributed by atoms with Crippen molar-refractivity contribution >= 4 is 33.2 Å². The van der Waals surface area contributed by atoms with Gasteiger partial charge < -0.3 is 15.6 Å². The Kier molecular flexibility index (Phi) is 6.21. The number of nitrogen functional groups attached to an aromatic ring is 1. The summed E-state index contributed by atoms with van der Waals surface area (Å²) in [6.45, 7) is 1.08. The van der Waals surface area contributed by atoms with E-state index in [0.29, 0.717) is 10.6 Å². The van der Waals surface area contributed by atoms with Gasteiger partial charge >= 0.3 is 0 Å². The maximum Gasteiger partial charge on any atom is 0.300 e. The number of hydrogen-bond donors (Lipinski definition) is 3. The molecule has 0 saturated heterocycles. The summed E-state index contributed by atoms with van der Waals surface area (Å²) >= 11 is 1.44. The average molecular weight is 405 g/mol. The van der Waals surface area contributed by atoms with Crippen molar-refractivity contribution in [2.24, 2.45) is 5.73 Å². The van der Waals surface area contributed by atoms with Crippen LogP contribution in [-0.4, -0.2) is 21.9 Å². The fourth-order valence-corrected chi connectivity index (χ4v) is 3.53. The Morgan fingerprint density at radius 1 is 1.07 bits per heavy atom. The second kappa shape index (κ2) is 8.99. The number of hydrogen-bond acceptors (Lipinski definition) is 5. The molecule has 0 spiro atoms. The molecule has 0 aliphatic heterocycles. The van der Waals surface area contributed by atoms with Crippen LogP contribution in [0.1, 0.15) is 11.8 Å². The van der Waals surface area contributed by atoms with Crippen LogP contribution < -0.4 is 10.5 Å². The molecular weight excluding hydrogens is 386 g/mol. The molecule has 0 amide bonds. The van der Waals surface area contributed by atoms with E-state index < -0.39 is 5.97 Å². The van der Waals surface area contributed by atoms with Gasteiger partial charge in [0.25, 0.3) is 5.97 Å². The molecule has 2 aromatic carbocycles. The first-order chi connectivity index (χ1) is 13.9. The van der Waals surface area contributed by atoms with E-state index in [0.717, 1.165) is 28.3 Å². The number of ether oxygens (including phenoxy) is 1. The molecule has 2 aromatic heterocycles. The van der Waals surface area contributed by atoms with Crippen LogP contribution in [0.5, 0.6) is 11.5 Å². The van der Waals surface area contributed by atoms with Crippen molar-refractivity contribution in [2.75, 3.05) is 0 Å². The Bertz CT molecular complexity index is 1140. The monoisotopic (exact) mass is 405 g/mol. The van der Waals surface area contributed by atoms with Gasteiger partial charge in [0.2, 0.25) is 0 Å². The molecule has 0 aliphatic carbocycles. The zero-order valence-corrected chi connectivity index (χ0v) is 16.4. The van der Waals surface area contributed by atoms with Crippen LogP contribution in [0.15, 0.2) is 73.1 Å². The third kappa shape index (κ3) is 5.18. The number of nitrogens with two attached hydrogens (primary N) is 1. The first kappa shape index (κ1) is 20.0. The number of benzene rings is 2. The summed E-state index contributed by atoms with van der Waals surface area (Å²) in [4.78, 5) is 13.9. The van der Waals surface area contributed by atoms with Crippen molar-refractivity contribution in [3.05, 3.63) is 77.9 Å². The van der Waals surface area contributed by atoms with Crippen LogP contribution in [0.4, 0.5) is 0 Å². The van der Waals surface area contributed by atoms with Crippen LogP contribution >= 0.6 is 11.3 Å². The molecule has 0 atom stereocenters. The van der Waals surface area contributed by atoms with Gasteiger partial charge in [0.1, 0.15) is 11.6 Å². The second-order valence-corrected chi connectivity index (χ2v) is 7.17. The number of rotatable bonds is 4. The van der Waals surface area contributed by atoms with E-state index in [1.165, 1.54) is 16.9 Å². The summed E-state index contributed by atoms with van der Waals surface area (Å²) in [5.74, 6) is 0.623. The second-order valence-electron chi connectivity index (χ2n) is 6.09. The molecule has 4 rings (SSSR count). The average Bonchev–Trinajstić information content (AvgIpc) is 3.15. The lowest BCUT2D eigenvalue weighted by molar-refractivity contribution is -0.134. The fraction of sp³-hybridized carbons (Fsp3) is 0.0455. The van der Waals surface area contributed by atoms with Crippen LogP contribution in [0.2, 0.25) is 0 Å². The molecule has 2 heterocycles. The van der Waals surface area contributed by atoms with Crippen molar-refractivity contribution in [3.8, 4) is 22.6 Å². The zero-order valence-electron chi connectivity index (χ0n) is 15.6. The molecule has 0 aliphatic rings. The minimum atomic E-state index is -0.833. The quantitative estimate of drug-likeness (QED) is 0.322. The van der Waals surface area contributed by atoms with E-state index in [1.54, 1.807) is 12.4 Å². The largest absolute Gasteiger partial charge is 0.481 e. The van der Waals surface area contributed by atoms with Gasteiger partial charge in [0.15, 0.2) is 5.75 Å². The summed E-state index contributed by atoms with van der Waals surface area (Å²) in [6, 6.07) is 20.0. The van der Waals surface area contributed by atoms with E-state index in [2.05, 4.69) is 17.1 Å². The maximum atomic E-state index is 9.00. The highest BCUT2D eigenvalue weighted by atomic mass is 32.1. The predicted octanol–water partition coefficient (Wildman–Crippen LogP) is 5.13. The Hall–Kier alpha value is -3.71. The van der Waals surface area contributed by atoms with Crippen LogP contribution in [0.25, 0.3) is 21.2 Å². The summed E-state index contributed by atoms with van der Waals surface area (Å²) in [5.41, 5.74) is 7.89. The number of nitrogens with zero attached hydrogens (tertiary/aromatic N) is 1. The fourth-order valence-electron chi connectivity index (χ4n) is 2.62. The first-order valence-corrected chi connectivity index (χ1v) is 9.50. The number of aromatic nitrogens is 1. The number of fused-ring (bicyclic) bond motifs is 1. The number of aliphatic carboxylic acids is 1. The standard InChI is InChI=1S/C20H15N3OS.C2H4O2/c21-20(22)18-10-16-17(11-23-12-19(16)25-18)24-15-8-6-14(7-9-15)13-4-2-1-3-5-13;1-2(3)4/h1-12H,(H3,21,22);1H3,(H,3,4). The first-order valence-electron chi connectivity index (χ1n) is 8.69. The summed E-state index contributed by atoms with van der Waals surface area (Å²) < 4.78 is 6.96. The van der Waals surface area contributed by atoms with Crippen molar-refractivity contribution in [1.29, 1.82) is 5.41 Å². The Morgan fingerprint density at radius 3 is 2.31 bits per heavy atom. The van der Waals surface area contributed by atoms with E-state index in [1.807, 2.05) is 48.5 Å². The Balaban J connectivity index is 0.000000552. The molecule has 0 radical (unpaired) electrons. The van der Waals surface area contributed by atoms with Crippen LogP contribution in [0.3, 0.4) is 0 Å². The van der Waals surface area contributed by atoms with E-state index in [-0.39, 0.29) is 5.84 Å². The van der Waals surface area contributed by atoms with Crippen molar-refractivity contribution < 1.29 is 14.6 Å². The van der Waals surface area contributed by atoms with Gasteiger partial charge in [-0.05, 0) is 29.3 Å². The minimum absolute atomic E-state index is 0.0550. The highest BCUT2D eigenvalue weighted by Crippen LogP contribution is 2.34. The molecule has 6 nitrogen and oxygen atoms in total. The Morgan fingerprint density at radius 2 is 1.69 bits per heavy atom. The summed E-state index contributed by atoms with van der Waals surface area (Å²) in [7, 11) is 0. The molecular formula is C22H19N3O3S. The predicted molar refractivity (Wildman–Crippen MR) is 116 cm³/mol. The lowest BCUT2D eigenvalue weighted by Gasteiger charge is -2.08. The number of amidine groups is 1. The minimum Gasteiger partial charge on any atom is -0.481 e. The number of thiophene rings is 1. The molecule has 4 aromatic rings. The van der Waals surface area contributed by atoms with E-state index >= 15 is 0 Å². The normalized spacial score (nSPS) is 10.1. The molecule has 0 unspecified atom stereocenters. The summed E-state index contributed by atoms with van der Waals surface area (Å²) in [5, 5.41) is 15.9. The lowest BCUT2D eigenvalue weighted by atomic mass is 10.1. The summed E-state index contributed by atoms with van der Waals surface area (Å²) in [6.07, 6.45) is 3.45. The van der Waals surface area contributed by atoms with Crippen molar-refractivity contribution in [1.82, 2.24) is 4.98 Å². The van der Waals surface area contributed by atoms with E-state index in [9.17, 15) is 0 Å². The zero-order chi connectivity index (χ0) is 20.8. The highest BCUT2D eigenvalue weighted by molar-refractivity contribution is 7.20. The third-order valence-electron chi connectivity index (χ3n) is 3.86. The number of carboxylic acid groups (broad SMARTS) is 1. The smallest absolute Gasteiger partial charge is 0.300 e. The number of pyridine rings is 1. The van der Waals surface area contributed by atoms with Crippen molar-refractivity contribution in [3.63, 3.8) is 0 Å². The van der Waals surface area contributed by atoms with E-state index in [4.69, 9.17) is 25.8 Å². The molecule has 29 heavy (non-hydrogen) atoms. The highest BCUT2D eigenvalue weighted by Gasteiger charge is 2.10.